The topological polar surface area (TPSA) is 9.23 Å². The van der Waals surface area contributed by atoms with Crippen LogP contribution in [0.15, 0.2) is 0 Å². The van der Waals surface area contributed by atoms with E-state index < -0.39 is 59.7 Å². The van der Waals surface area contributed by atoms with Crippen molar-refractivity contribution in [2.45, 2.75) is 58.2 Å². The van der Waals surface area contributed by atoms with Gasteiger partial charge in [-0.3, -0.25) is 0 Å². The van der Waals surface area contributed by atoms with Crippen molar-refractivity contribution < 1.29 is 30.8 Å². The molecule has 27 heavy (non-hydrogen) atoms. The quantitative estimate of drug-likeness (QED) is 0.224. The Labute approximate surface area is 155 Å². The van der Waals surface area contributed by atoms with Gasteiger partial charge in [-0.2, -0.15) is 4.39 Å². The van der Waals surface area contributed by atoms with Gasteiger partial charge < -0.3 is 4.43 Å². The summed E-state index contributed by atoms with van der Waals surface area (Å²) in [6.45, 7) is 11.1. The lowest BCUT2D eigenvalue weighted by Gasteiger charge is -2.42. The second-order valence-electron chi connectivity index (χ2n) is 7.51. The van der Waals surface area contributed by atoms with Crippen LogP contribution in [-0.4, -0.2) is 8.32 Å². The molecule has 0 atom stereocenters. The third kappa shape index (κ3) is 3.21. The maximum atomic E-state index is 14.6. The highest BCUT2D eigenvalue weighted by Crippen LogP contribution is 2.46. The van der Waals surface area contributed by atoms with Crippen LogP contribution < -0.4 is 4.43 Å². The summed E-state index contributed by atoms with van der Waals surface area (Å²) in [7, 11) is -2.94. The molecule has 149 valence electrons. The molecule has 2 aromatic rings. The molecule has 2 rings (SSSR count). The first-order valence-corrected chi connectivity index (χ1v) is 10.8. The van der Waals surface area contributed by atoms with Gasteiger partial charge in [0.25, 0.3) is 8.32 Å². The minimum absolute atomic E-state index is 0.114. The zero-order chi connectivity index (χ0) is 20.8. The van der Waals surface area contributed by atoms with E-state index in [-0.39, 0.29) is 16.6 Å². The fourth-order valence-corrected chi connectivity index (χ4v) is 9.26. The molecule has 0 bridgehead atoms. The molecular formula is C19H21F6OSi. The summed E-state index contributed by atoms with van der Waals surface area (Å²) in [5.74, 6) is -12.0. The van der Waals surface area contributed by atoms with Crippen LogP contribution in [0.2, 0.25) is 16.6 Å². The minimum atomic E-state index is -2.94. The van der Waals surface area contributed by atoms with Crippen molar-refractivity contribution in [3.8, 4) is 5.75 Å². The molecule has 1 nitrogen and oxygen atoms in total. The number of rotatable bonds is 5. The van der Waals surface area contributed by atoms with Crippen molar-refractivity contribution in [2.24, 2.45) is 0 Å². The molecule has 0 amide bonds. The summed E-state index contributed by atoms with van der Waals surface area (Å²) < 4.78 is 90.7. The summed E-state index contributed by atoms with van der Waals surface area (Å²) in [6.07, 6.45) is 0. The fourth-order valence-electron chi connectivity index (χ4n) is 4.00. The van der Waals surface area contributed by atoms with Gasteiger partial charge >= 0.3 is 0 Å². The predicted octanol–water partition coefficient (Wildman–Crippen LogP) is 7.03. The lowest BCUT2D eigenvalue weighted by Crippen LogP contribution is -2.51. The first kappa shape index (κ1) is 21.6. The van der Waals surface area contributed by atoms with E-state index in [0.717, 1.165) is 0 Å². The van der Waals surface area contributed by atoms with Gasteiger partial charge in [0.05, 0.1) is 16.8 Å². The van der Waals surface area contributed by atoms with E-state index >= 15 is 0 Å². The highest BCUT2D eigenvalue weighted by molar-refractivity contribution is 6.78. The van der Waals surface area contributed by atoms with E-state index in [1.165, 1.54) is 6.07 Å². The number of hydrogen-bond donors (Lipinski definition) is 0. The maximum absolute atomic E-state index is 14.6. The van der Waals surface area contributed by atoms with Gasteiger partial charge in [-0.05, 0) is 16.6 Å². The third-order valence-corrected chi connectivity index (χ3v) is 11.1. The van der Waals surface area contributed by atoms with Crippen LogP contribution in [0, 0.1) is 41.0 Å². The fraction of sp³-hybridized carbons (Fsp3) is 0.474. The normalized spacial score (nSPS) is 12.7. The Morgan fingerprint density at radius 3 is 1.56 bits per heavy atom. The smallest absolute Gasteiger partial charge is 0.258 e. The standard InChI is InChI=1S/C19H21F6OSi/c1-8(2)27(9(3)4,10(5)6)26-19-13-11(20)7-12(21)15(22)14(13)16(23)17(24)18(19)25/h8-10H,1-6H3. The largest absolute Gasteiger partial charge is 0.540 e. The Kier molecular flexibility index (Phi) is 5.90. The van der Waals surface area contributed by atoms with Crippen molar-refractivity contribution in [3.05, 3.63) is 41.0 Å². The van der Waals surface area contributed by atoms with E-state index in [0.29, 0.717) is 0 Å². The van der Waals surface area contributed by atoms with Crippen molar-refractivity contribution >= 4 is 19.1 Å². The average Bonchev–Trinajstić information content (AvgIpc) is 2.55. The first-order chi connectivity index (χ1) is 12.4. The van der Waals surface area contributed by atoms with Crippen molar-refractivity contribution in [1.82, 2.24) is 0 Å². The molecule has 0 unspecified atom stereocenters. The molecule has 0 aliphatic carbocycles. The maximum Gasteiger partial charge on any atom is 0.258 e. The summed E-state index contributed by atoms with van der Waals surface area (Å²) in [5, 5.41) is -2.30. The van der Waals surface area contributed by atoms with Gasteiger partial charge in [-0.1, -0.05) is 41.5 Å². The lowest BCUT2D eigenvalue weighted by molar-refractivity contribution is 0.402. The van der Waals surface area contributed by atoms with Crippen LogP contribution >= 0.6 is 0 Å². The van der Waals surface area contributed by atoms with Gasteiger partial charge in [0.15, 0.2) is 29.0 Å². The average molecular weight is 407 g/mol. The summed E-state index contributed by atoms with van der Waals surface area (Å²) in [5.41, 5.74) is -0.341. The Morgan fingerprint density at radius 1 is 0.630 bits per heavy atom. The zero-order valence-electron chi connectivity index (χ0n) is 15.9. The Balaban J connectivity index is 2.96. The predicted molar refractivity (Wildman–Crippen MR) is 94.2 cm³/mol. The number of benzene rings is 2. The number of halogens is 6. The van der Waals surface area contributed by atoms with E-state index in [2.05, 4.69) is 0 Å². The van der Waals surface area contributed by atoms with Crippen LogP contribution in [-0.2, 0) is 0 Å². The molecule has 0 spiro atoms. The van der Waals surface area contributed by atoms with Gasteiger partial charge in [0.2, 0.25) is 5.82 Å². The van der Waals surface area contributed by atoms with E-state index in [1.807, 2.05) is 41.5 Å². The molecule has 0 heterocycles. The molecule has 1 radical (unpaired) electrons. The van der Waals surface area contributed by atoms with E-state index in [1.54, 1.807) is 0 Å². The minimum Gasteiger partial charge on any atom is -0.540 e. The Morgan fingerprint density at radius 2 is 1.11 bits per heavy atom. The van der Waals surface area contributed by atoms with E-state index in [4.69, 9.17) is 4.43 Å². The summed E-state index contributed by atoms with van der Waals surface area (Å²) >= 11 is 0. The van der Waals surface area contributed by atoms with Crippen molar-refractivity contribution in [1.29, 1.82) is 0 Å². The number of hydrogen-bond acceptors (Lipinski definition) is 1. The lowest BCUT2D eigenvalue weighted by atomic mass is 10.1. The molecule has 2 aromatic carbocycles. The third-order valence-electron chi connectivity index (χ3n) is 5.12. The second kappa shape index (κ2) is 7.37. The number of fused-ring (bicyclic) bond motifs is 1. The Hall–Kier alpha value is -1.70. The van der Waals surface area contributed by atoms with Crippen molar-refractivity contribution in [2.75, 3.05) is 0 Å². The molecule has 0 aromatic heterocycles. The van der Waals surface area contributed by atoms with Crippen LogP contribution in [0.25, 0.3) is 10.8 Å². The van der Waals surface area contributed by atoms with Crippen LogP contribution in [0.4, 0.5) is 26.3 Å². The van der Waals surface area contributed by atoms with Crippen molar-refractivity contribution in [3.63, 3.8) is 0 Å². The summed E-state index contributed by atoms with van der Waals surface area (Å²) in [4.78, 5) is 0. The molecular weight excluding hydrogens is 386 g/mol. The van der Waals surface area contributed by atoms with Crippen LogP contribution in [0.5, 0.6) is 5.75 Å². The highest BCUT2D eigenvalue weighted by Gasteiger charge is 2.48. The summed E-state index contributed by atoms with van der Waals surface area (Å²) in [6, 6.07) is 1.44. The first-order valence-electron chi connectivity index (χ1n) is 8.62. The van der Waals surface area contributed by atoms with Gasteiger partial charge in [-0.15, -0.1) is 0 Å². The van der Waals surface area contributed by atoms with E-state index in [9.17, 15) is 26.3 Å². The van der Waals surface area contributed by atoms with Gasteiger partial charge in [-0.25, -0.2) is 22.0 Å². The SMILES string of the molecule is CC(C)[Si](Oc1c(F)c(F)c(F)c2c(F)c(F)[c]c(F)c12)(C(C)C)C(C)C. The van der Waals surface area contributed by atoms with Gasteiger partial charge in [0.1, 0.15) is 5.82 Å². The monoisotopic (exact) mass is 407 g/mol. The highest BCUT2D eigenvalue weighted by atomic mass is 28.4. The van der Waals surface area contributed by atoms with Crippen LogP contribution in [0.1, 0.15) is 41.5 Å². The molecule has 0 N–H and O–H groups in total. The molecule has 0 saturated heterocycles. The van der Waals surface area contributed by atoms with Gasteiger partial charge in [0, 0.05) is 0 Å². The zero-order valence-corrected chi connectivity index (χ0v) is 16.9. The second-order valence-corrected chi connectivity index (χ2v) is 12.9. The molecule has 0 fully saturated rings. The van der Waals surface area contributed by atoms with Crippen LogP contribution in [0.3, 0.4) is 0 Å². The molecule has 8 heteroatoms. The Bertz CT molecular complexity index is 857. The molecule has 0 saturated carbocycles. The molecule has 0 aliphatic heterocycles. The molecule has 0 aliphatic rings.